The van der Waals surface area contributed by atoms with E-state index in [0.717, 1.165) is 18.6 Å². The predicted molar refractivity (Wildman–Crippen MR) is 65.3 cm³/mol. The maximum Gasteiger partial charge on any atom is 0.235 e. The molecule has 0 atom stereocenters. The lowest BCUT2D eigenvalue weighted by atomic mass is 9.70. The summed E-state index contributed by atoms with van der Waals surface area (Å²) in [5.74, 6) is 0.749. The second-order valence-electron chi connectivity index (χ2n) is 5.86. The fourth-order valence-electron chi connectivity index (χ4n) is 2.57. The molecule has 2 fully saturated rings. The van der Waals surface area contributed by atoms with Crippen LogP contribution in [-0.2, 0) is 9.59 Å². The maximum absolute atomic E-state index is 12.1. The van der Waals surface area contributed by atoms with E-state index in [-0.39, 0.29) is 17.2 Å². The van der Waals surface area contributed by atoms with Crippen molar-refractivity contribution in [1.82, 2.24) is 4.90 Å². The Kier molecular flexibility index (Phi) is 2.81. The summed E-state index contributed by atoms with van der Waals surface area (Å²) in [4.78, 5) is 25.3. The van der Waals surface area contributed by atoms with Crippen molar-refractivity contribution in [2.75, 3.05) is 12.3 Å². The number of imide groups is 1. The second kappa shape index (κ2) is 3.76. The van der Waals surface area contributed by atoms with Crippen LogP contribution in [0, 0.1) is 10.8 Å². The monoisotopic (exact) mass is 241 g/mol. The van der Waals surface area contributed by atoms with E-state index in [1.165, 1.54) is 11.3 Å². The van der Waals surface area contributed by atoms with Gasteiger partial charge in [-0.1, -0.05) is 20.3 Å². The number of rotatable bonds is 3. The first-order valence-electron chi connectivity index (χ1n) is 5.86. The van der Waals surface area contributed by atoms with Gasteiger partial charge in [0.05, 0.1) is 5.41 Å². The highest BCUT2D eigenvalue weighted by Gasteiger charge is 2.48. The lowest BCUT2D eigenvalue weighted by molar-refractivity contribution is -0.143. The molecule has 1 aliphatic heterocycles. The van der Waals surface area contributed by atoms with Gasteiger partial charge in [0.25, 0.3) is 0 Å². The van der Waals surface area contributed by atoms with Crippen LogP contribution in [0.4, 0.5) is 0 Å². The zero-order chi connectivity index (χ0) is 12.0. The van der Waals surface area contributed by atoms with Gasteiger partial charge in [-0.15, -0.1) is 0 Å². The number of hydrogen-bond donors (Lipinski definition) is 1. The molecular formula is C12H19NO2S. The molecule has 0 spiro atoms. The number of likely N-dealkylation sites (tertiary alicyclic amines) is 1. The molecule has 0 aromatic carbocycles. The summed E-state index contributed by atoms with van der Waals surface area (Å²) in [7, 11) is 0. The van der Waals surface area contributed by atoms with E-state index in [0.29, 0.717) is 13.0 Å². The summed E-state index contributed by atoms with van der Waals surface area (Å²) in [5.41, 5.74) is -0.395. The van der Waals surface area contributed by atoms with Crippen molar-refractivity contribution in [3.05, 3.63) is 0 Å². The standard InChI is InChI=1S/C12H19NO2S/c1-11(2)6-9(14)13(10(11)15)7-12(8-16)4-3-5-12/h16H,3-8H2,1-2H3. The summed E-state index contributed by atoms with van der Waals surface area (Å²) >= 11 is 4.36. The van der Waals surface area contributed by atoms with Gasteiger partial charge in [0.2, 0.25) is 11.8 Å². The van der Waals surface area contributed by atoms with Crippen LogP contribution in [0.1, 0.15) is 39.5 Å². The molecule has 1 aliphatic carbocycles. The fourth-order valence-corrected chi connectivity index (χ4v) is 2.98. The number of hydrogen-bond acceptors (Lipinski definition) is 3. The summed E-state index contributed by atoms with van der Waals surface area (Å²) in [6, 6.07) is 0. The first-order valence-corrected chi connectivity index (χ1v) is 6.49. The summed E-state index contributed by atoms with van der Waals surface area (Å²) < 4.78 is 0. The van der Waals surface area contributed by atoms with Gasteiger partial charge in [0.1, 0.15) is 0 Å². The number of carbonyl (C=O) groups is 2. The Bertz CT molecular complexity index is 328. The molecule has 2 rings (SSSR count). The third kappa shape index (κ3) is 1.77. The summed E-state index contributed by atoms with van der Waals surface area (Å²) in [6.07, 6.45) is 3.73. The molecule has 1 saturated heterocycles. The van der Waals surface area contributed by atoms with E-state index in [2.05, 4.69) is 12.6 Å². The first kappa shape index (κ1) is 12.0. The minimum absolute atomic E-state index is 0.00874. The lowest BCUT2D eigenvalue weighted by Crippen LogP contribution is -2.46. The third-order valence-electron chi connectivity index (χ3n) is 3.96. The Balaban J connectivity index is 2.11. The smallest absolute Gasteiger partial charge is 0.235 e. The Labute approximate surface area is 102 Å². The van der Waals surface area contributed by atoms with Crippen LogP contribution in [-0.4, -0.2) is 29.0 Å². The van der Waals surface area contributed by atoms with Gasteiger partial charge in [-0.25, -0.2) is 0 Å². The normalized spacial score (nSPS) is 27.1. The lowest BCUT2D eigenvalue weighted by Gasteiger charge is -2.43. The van der Waals surface area contributed by atoms with E-state index in [1.807, 2.05) is 13.8 Å². The number of carbonyl (C=O) groups excluding carboxylic acids is 2. The highest BCUT2D eigenvalue weighted by molar-refractivity contribution is 7.80. The molecule has 0 aromatic heterocycles. The Morgan fingerprint density at radius 2 is 1.94 bits per heavy atom. The molecule has 1 saturated carbocycles. The third-order valence-corrected chi connectivity index (χ3v) is 4.63. The predicted octanol–water partition coefficient (Wildman–Crippen LogP) is 1.87. The molecule has 4 heteroatoms. The molecule has 2 aliphatic rings. The van der Waals surface area contributed by atoms with Gasteiger partial charge in [-0.2, -0.15) is 12.6 Å². The molecule has 0 bridgehead atoms. The van der Waals surface area contributed by atoms with Gasteiger partial charge in [-0.05, 0) is 24.0 Å². The van der Waals surface area contributed by atoms with Crippen LogP contribution in [0.15, 0.2) is 0 Å². The van der Waals surface area contributed by atoms with Crippen molar-refractivity contribution in [3.8, 4) is 0 Å². The molecule has 16 heavy (non-hydrogen) atoms. The number of amides is 2. The first-order chi connectivity index (χ1) is 7.40. The molecule has 0 aromatic rings. The molecule has 0 unspecified atom stereocenters. The minimum atomic E-state index is -0.501. The summed E-state index contributed by atoms with van der Waals surface area (Å²) in [6.45, 7) is 4.28. The average Bonchev–Trinajstić information content (AvgIpc) is 2.32. The fraction of sp³-hybridized carbons (Fsp3) is 0.833. The largest absolute Gasteiger partial charge is 0.282 e. The van der Waals surface area contributed by atoms with Gasteiger partial charge in [0.15, 0.2) is 0 Å². The van der Waals surface area contributed by atoms with Gasteiger partial charge in [0, 0.05) is 13.0 Å². The number of thiol groups is 1. The van der Waals surface area contributed by atoms with Gasteiger partial charge >= 0.3 is 0 Å². The van der Waals surface area contributed by atoms with E-state index in [4.69, 9.17) is 0 Å². The van der Waals surface area contributed by atoms with Crippen LogP contribution in [0.2, 0.25) is 0 Å². The van der Waals surface area contributed by atoms with E-state index < -0.39 is 5.41 Å². The molecular weight excluding hydrogens is 222 g/mol. The molecule has 0 radical (unpaired) electrons. The zero-order valence-electron chi connectivity index (χ0n) is 9.95. The van der Waals surface area contributed by atoms with Crippen LogP contribution in [0.3, 0.4) is 0 Å². The van der Waals surface area contributed by atoms with E-state index in [9.17, 15) is 9.59 Å². The minimum Gasteiger partial charge on any atom is -0.282 e. The van der Waals surface area contributed by atoms with Gasteiger partial charge < -0.3 is 0 Å². The maximum atomic E-state index is 12.1. The highest BCUT2D eigenvalue weighted by atomic mass is 32.1. The van der Waals surface area contributed by atoms with Crippen molar-refractivity contribution in [2.24, 2.45) is 10.8 Å². The Hall–Kier alpha value is -0.510. The van der Waals surface area contributed by atoms with Crippen LogP contribution < -0.4 is 0 Å². The van der Waals surface area contributed by atoms with E-state index in [1.54, 1.807) is 0 Å². The Morgan fingerprint density at radius 3 is 2.25 bits per heavy atom. The topological polar surface area (TPSA) is 37.4 Å². The molecule has 0 N–H and O–H groups in total. The van der Waals surface area contributed by atoms with Crippen molar-refractivity contribution in [2.45, 2.75) is 39.5 Å². The van der Waals surface area contributed by atoms with Crippen LogP contribution >= 0.6 is 12.6 Å². The van der Waals surface area contributed by atoms with E-state index >= 15 is 0 Å². The zero-order valence-corrected chi connectivity index (χ0v) is 10.8. The highest BCUT2D eigenvalue weighted by Crippen LogP contribution is 2.44. The van der Waals surface area contributed by atoms with Crippen LogP contribution in [0.25, 0.3) is 0 Å². The van der Waals surface area contributed by atoms with Crippen LogP contribution in [0.5, 0.6) is 0 Å². The van der Waals surface area contributed by atoms with Crippen molar-refractivity contribution in [3.63, 3.8) is 0 Å². The summed E-state index contributed by atoms with van der Waals surface area (Å²) in [5, 5.41) is 0. The quantitative estimate of drug-likeness (QED) is 0.605. The van der Waals surface area contributed by atoms with Gasteiger partial charge in [-0.3, -0.25) is 14.5 Å². The SMILES string of the molecule is CC1(C)CC(=O)N(CC2(CS)CCC2)C1=O. The number of nitrogens with zero attached hydrogens (tertiary/aromatic N) is 1. The molecule has 3 nitrogen and oxygen atoms in total. The molecule has 90 valence electrons. The van der Waals surface area contributed by atoms with Crippen molar-refractivity contribution >= 4 is 24.4 Å². The molecule has 2 amide bonds. The second-order valence-corrected chi connectivity index (χ2v) is 6.17. The van der Waals surface area contributed by atoms with Crippen molar-refractivity contribution < 1.29 is 9.59 Å². The average molecular weight is 241 g/mol. The Morgan fingerprint density at radius 1 is 1.31 bits per heavy atom. The molecule has 1 heterocycles. The van der Waals surface area contributed by atoms with Crippen molar-refractivity contribution in [1.29, 1.82) is 0 Å².